The Kier molecular flexibility index (Phi) is 3.43. The molecule has 1 fully saturated rings. The molecule has 0 amide bonds. The molecule has 3 aromatic rings. The van der Waals surface area contributed by atoms with Gasteiger partial charge in [-0.2, -0.15) is 10.4 Å². The van der Waals surface area contributed by atoms with Gasteiger partial charge in [-0.3, -0.25) is 4.72 Å². The van der Waals surface area contributed by atoms with Crippen LogP contribution in [-0.2, 0) is 10.0 Å². The van der Waals surface area contributed by atoms with Gasteiger partial charge >= 0.3 is 0 Å². The molecular formula is C16H12FN5O2S. The Morgan fingerprint density at radius 3 is 2.76 bits per heavy atom. The van der Waals surface area contributed by atoms with Crippen LogP contribution in [0.2, 0.25) is 0 Å². The summed E-state index contributed by atoms with van der Waals surface area (Å²) in [5, 5.41) is 12.6. The Labute approximate surface area is 142 Å². The fraction of sp³-hybridized carbons (Fsp3) is 0.188. The fourth-order valence-electron chi connectivity index (χ4n) is 2.58. The number of fused-ring (bicyclic) bond motifs is 1. The summed E-state index contributed by atoms with van der Waals surface area (Å²) in [6, 6.07) is 9.07. The van der Waals surface area contributed by atoms with Crippen molar-refractivity contribution in [2.24, 2.45) is 0 Å². The minimum absolute atomic E-state index is 0.0656. The fourth-order valence-corrected chi connectivity index (χ4v) is 3.95. The zero-order chi connectivity index (χ0) is 17.6. The quantitative estimate of drug-likeness (QED) is 0.772. The predicted octanol–water partition coefficient (Wildman–Crippen LogP) is 2.31. The molecule has 1 aliphatic carbocycles. The molecule has 0 atom stereocenters. The van der Waals surface area contributed by atoms with E-state index in [0.717, 1.165) is 0 Å². The third kappa shape index (κ3) is 2.81. The average molecular weight is 357 g/mol. The summed E-state index contributed by atoms with van der Waals surface area (Å²) in [6.45, 7) is 0. The minimum Gasteiger partial charge on any atom is -0.283 e. The van der Waals surface area contributed by atoms with Crippen molar-refractivity contribution in [1.82, 2.24) is 14.6 Å². The lowest BCUT2D eigenvalue weighted by Gasteiger charge is -2.11. The number of nitrogens with zero attached hydrogens (tertiary/aromatic N) is 4. The van der Waals surface area contributed by atoms with Crippen LogP contribution in [-0.4, -0.2) is 28.3 Å². The van der Waals surface area contributed by atoms with E-state index in [1.165, 1.54) is 23.0 Å². The van der Waals surface area contributed by atoms with E-state index in [-0.39, 0.29) is 10.8 Å². The maximum absolute atomic E-state index is 14.0. The van der Waals surface area contributed by atoms with Crippen molar-refractivity contribution in [2.75, 3.05) is 4.72 Å². The number of anilines is 1. The van der Waals surface area contributed by atoms with Crippen LogP contribution in [0.5, 0.6) is 0 Å². The standard InChI is InChI=1S/C16H12FN5O2S/c17-14-5-10(1-2-11(14)8-18)15-6-12(7-16-19-9-20-22(15)16)21-25(23,24)13-3-4-13/h1-2,5-7,9,13,21H,3-4H2. The second-order valence-electron chi connectivity index (χ2n) is 5.81. The number of hydrogen-bond acceptors (Lipinski definition) is 5. The highest BCUT2D eigenvalue weighted by Gasteiger charge is 2.35. The van der Waals surface area contributed by atoms with Crippen molar-refractivity contribution in [2.45, 2.75) is 18.1 Å². The maximum atomic E-state index is 14.0. The molecule has 0 saturated heterocycles. The van der Waals surface area contributed by atoms with Crippen molar-refractivity contribution in [3.8, 4) is 17.3 Å². The molecule has 4 rings (SSSR count). The molecule has 0 aliphatic heterocycles. The lowest BCUT2D eigenvalue weighted by Crippen LogP contribution is -2.17. The molecule has 7 nitrogen and oxygen atoms in total. The van der Waals surface area contributed by atoms with Gasteiger partial charge in [-0.15, -0.1) is 0 Å². The lowest BCUT2D eigenvalue weighted by atomic mass is 10.1. The largest absolute Gasteiger partial charge is 0.283 e. The van der Waals surface area contributed by atoms with Crippen LogP contribution in [0.4, 0.5) is 10.1 Å². The average Bonchev–Trinajstić information content (AvgIpc) is 3.34. The molecule has 1 saturated carbocycles. The van der Waals surface area contributed by atoms with Gasteiger partial charge in [-0.1, -0.05) is 6.07 Å². The monoisotopic (exact) mass is 357 g/mol. The smallest absolute Gasteiger partial charge is 0.235 e. The van der Waals surface area contributed by atoms with E-state index in [2.05, 4.69) is 14.8 Å². The topological polar surface area (TPSA) is 100 Å². The van der Waals surface area contributed by atoms with E-state index in [4.69, 9.17) is 5.26 Å². The molecule has 2 heterocycles. The van der Waals surface area contributed by atoms with Crippen LogP contribution >= 0.6 is 0 Å². The molecule has 25 heavy (non-hydrogen) atoms. The van der Waals surface area contributed by atoms with Crippen LogP contribution in [0.15, 0.2) is 36.7 Å². The Bertz CT molecular complexity index is 1130. The molecule has 0 radical (unpaired) electrons. The lowest BCUT2D eigenvalue weighted by molar-refractivity contribution is 0.600. The van der Waals surface area contributed by atoms with Crippen LogP contribution in [0.1, 0.15) is 18.4 Å². The van der Waals surface area contributed by atoms with Gasteiger partial charge in [-0.25, -0.2) is 22.3 Å². The Balaban J connectivity index is 1.84. The number of aromatic nitrogens is 3. The summed E-state index contributed by atoms with van der Waals surface area (Å²) in [4.78, 5) is 4.08. The first-order valence-electron chi connectivity index (χ1n) is 7.53. The van der Waals surface area contributed by atoms with Gasteiger partial charge < -0.3 is 0 Å². The second-order valence-corrected chi connectivity index (χ2v) is 7.77. The summed E-state index contributed by atoms with van der Waals surface area (Å²) >= 11 is 0. The minimum atomic E-state index is -3.43. The third-order valence-electron chi connectivity index (χ3n) is 3.99. The highest BCUT2D eigenvalue weighted by atomic mass is 32.2. The molecule has 1 aliphatic rings. The molecule has 9 heteroatoms. The molecule has 0 spiro atoms. The number of nitrogens with one attached hydrogen (secondary N) is 1. The number of sulfonamides is 1. The number of hydrogen-bond donors (Lipinski definition) is 1. The Morgan fingerprint density at radius 1 is 1.28 bits per heavy atom. The first-order chi connectivity index (χ1) is 12.0. The predicted molar refractivity (Wildman–Crippen MR) is 88.7 cm³/mol. The zero-order valence-corrected chi connectivity index (χ0v) is 13.7. The molecule has 1 N–H and O–H groups in total. The summed E-state index contributed by atoms with van der Waals surface area (Å²) in [5.74, 6) is -0.655. The number of rotatable bonds is 4. The van der Waals surface area contributed by atoms with Gasteiger partial charge in [0.05, 0.1) is 22.2 Å². The highest BCUT2D eigenvalue weighted by molar-refractivity contribution is 7.93. The van der Waals surface area contributed by atoms with Crippen LogP contribution < -0.4 is 4.72 Å². The Hall–Kier alpha value is -2.99. The van der Waals surface area contributed by atoms with Gasteiger partial charge in [-0.05, 0) is 31.0 Å². The van der Waals surface area contributed by atoms with Crippen molar-refractivity contribution in [1.29, 1.82) is 5.26 Å². The maximum Gasteiger partial charge on any atom is 0.235 e. The normalized spacial score (nSPS) is 14.4. The molecule has 0 unspecified atom stereocenters. The van der Waals surface area contributed by atoms with Gasteiger partial charge in [0, 0.05) is 11.6 Å². The van der Waals surface area contributed by atoms with Gasteiger partial charge in [0.15, 0.2) is 5.65 Å². The summed E-state index contributed by atoms with van der Waals surface area (Å²) in [7, 11) is -3.43. The van der Waals surface area contributed by atoms with Crippen LogP contribution in [0.3, 0.4) is 0 Å². The first-order valence-corrected chi connectivity index (χ1v) is 9.08. The number of pyridine rings is 1. The van der Waals surface area contributed by atoms with E-state index >= 15 is 0 Å². The van der Waals surface area contributed by atoms with E-state index < -0.39 is 15.8 Å². The van der Waals surface area contributed by atoms with Crippen molar-refractivity contribution in [3.63, 3.8) is 0 Å². The van der Waals surface area contributed by atoms with Crippen molar-refractivity contribution >= 4 is 21.4 Å². The molecule has 126 valence electrons. The van der Waals surface area contributed by atoms with E-state index in [1.54, 1.807) is 24.3 Å². The van der Waals surface area contributed by atoms with Crippen LogP contribution in [0.25, 0.3) is 16.9 Å². The number of benzene rings is 1. The van der Waals surface area contributed by atoms with Crippen LogP contribution in [0, 0.1) is 17.1 Å². The van der Waals surface area contributed by atoms with Gasteiger partial charge in [0.2, 0.25) is 10.0 Å². The second kappa shape index (κ2) is 5.53. The van der Waals surface area contributed by atoms with E-state index in [0.29, 0.717) is 35.4 Å². The van der Waals surface area contributed by atoms with Crippen molar-refractivity contribution in [3.05, 3.63) is 48.0 Å². The number of halogens is 1. The Morgan fingerprint density at radius 2 is 2.08 bits per heavy atom. The van der Waals surface area contributed by atoms with Crippen molar-refractivity contribution < 1.29 is 12.8 Å². The van der Waals surface area contributed by atoms with E-state index in [1.807, 2.05) is 0 Å². The number of nitriles is 1. The van der Waals surface area contributed by atoms with Gasteiger partial charge in [0.25, 0.3) is 0 Å². The molecule has 1 aromatic carbocycles. The first kappa shape index (κ1) is 15.5. The van der Waals surface area contributed by atoms with E-state index in [9.17, 15) is 12.8 Å². The highest BCUT2D eigenvalue weighted by Crippen LogP contribution is 2.31. The third-order valence-corrected chi connectivity index (χ3v) is 5.86. The molecule has 0 bridgehead atoms. The summed E-state index contributed by atoms with van der Waals surface area (Å²) in [5.41, 5.74) is 1.62. The summed E-state index contributed by atoms with van der Waals surface area (Å²) < 4.78 is 42.3. The molecule has 2 aromatic heterocycles. The SMILES string of the molecule is N#Cc1ccc(-c2cc(NS(=O)(=O)C3CC3)cc3ncnn23)cc1F. The van der Waals surface area contributed by atoms with Gasteiger partial charge in [0.1, 0.15) is 18.2 Å². The zero-order valence-electron chi connectivity index (χ0n) is 12.8. The molecular weight excluding hydrogens is 345 g/mol. The summed E-state index contributed by atoms with van der Waals surface area (Å²) in [6.07, 6.45) is 2.63.